The molecule has 1 heterocycles. The molecule has 1 aromatic heterocycles. The molecule has 2 aromatic rings. The van der Waals surface area contributed by atoms with Crippen molar-refractivity contribution >= 4 is 39.8 Å². The number of aromatic nitrogens is 2. The van der Waals surface area contributed by atoms with Crippen molar-refractivity contribution in [3.63, 3.8) is 0 Å². The first-order chi connectivity index (χ1) is 13.4. The third-order valence-corrected chi connectivity index (χ3v) is 6.00. The van der Waals surface area contributed by atoms with Gasteiger partial charge < -0.3 is 10.6 Å². The van der Waals surface area contributed by atoms with Crippen LogP contribution in [0.3, 0.4) is 0 Å². The molecular formula is C20H32IN5O2S. The van der Waals surface area contributed by atoms with E-state index in [2.05, 4.69) is 33.7 Å². The maximum absolute atomic E-state index is 12.2. The van der Waals surface area contributed by atoms with Gasteiger partial charge in [0.25, 0.3) is 0 Å². The Balaban J connectivity index is 0.00000420. The Morgan fingerprint density at radius 3 is 2.34 bits per heavy atom. The van der Waals surface area contributed by atoms with Gasteiger partial charge >= 0.3 is 0 Å². The normalized spacial score (nSPS) is 11.8. The first kappa shape index (κ1) is 25.4. The SMILES string of the molecule is CN=C(NCCCn1nc(C)cc1C)NCCCS(=O)(=O)Cc1ccccc1.I. The molecule has 0 aliphatic carbocycles. The van der Waals surface area contributed by atoms with Gasteiger partial charge in [0.05, 0.1) is 17.2 Å². The maximum Gasteiger partial charge on any atom is 0.190 e. The number of hydrogen-bond acceptors (Lipinski definition) is 4. The second-order valence-corrected chi connectivity index (χ2v) is 9.04. The lowest BCUT2D eigenvalue weighted by Gasteiger charge is -2.12. The van der Waals surface area contributed by atoms with Crippen LogP contribution in [-0.4, -0.2) is 50.0 Å². The van der Waals surface area contributed by atoms with Crippen molar-refractivity contribution < 1.29 is 8.42 Å². The lowest BCUT2D eigenvalue weighted by molar-refractivity contribution is 0.555. The van der Waals surface area contributed by atoms with E-state index >= 15 is 0 Å². The molecule has 0 atom stereocenters. The Bertz CT molecular complexity index is 866. The predicted octanol–water partition coefficient (Wildman–Crippen LogP) is 2.68. The standard InChI is InChI=1S/C20H31N5O2S.HI/c1-17-15-18(2)25(24-17)13-7-11-22-20(21-3)23-12-8-14-28(26,27)16-19-9-5-4-6-10-19;/h4-6,9-10,15H,7-8,11-14,16H2,1-3H3,(H2,21,22,23);1H. The number of guanidine groups is 1. The summed E-state index contributed by atoms with van der Waals surface area (Å²) in [6.07, 6.45) is 1.47. The van der Waals surface area contributed by atoms with E-state index in [0.717, 1.165) is 36.5 Å². The summed E-state index contributed by atoms with van der Waals surface area (Å²) in [4.78, 5) is 4.18. The molecule has 0 unspecified atom stereocenters. The summed E-state index contributed by atoms with van der Waals surface area (Å²) in [5, 5.41) is 10.9. The number of hydrogen-bond donors (Lipinski definition) is 2. The van der Waals surface area contributed by atoms with Crippen LogP contribution >= 0.6 is 24.0 Å². The highest BCUT2D eigenvalue weighted by molar-refractivity contribution is 14.0. The van der Waals surface area contributed by atoms with Gasteiger partial charge in [-0.1, -0.05) is 30.3 Å². The predicted molar refractivity (Wildman–Crippen MR) is 130 cm³/mol. The minimum absolute atomic E-state index is 0. The van der Waals surface area contributed by atoms with Crippen molar-refractivity contribution in [2.45, 2.75) is 39.0 Å². The van der Waals surface area contributed by atoms with Gasteiger partial charge in [-0.3, -0.25) is 9.67 Å². The zero-order chi connectivity index (χ0) is 20.4. The Morgan fingerprint density at radius 1 is 1.10 bits per heavy atom. The van der Waals surface area contributed by atoms with Crippen molar-refractivity contribution in [1.82, 2.24) is 20.4 Å². The fourth-order valence-corrected chi connectivity index (χ4v) is 4.39. The minimum atomic E-state index is -3.10. The van der Waals surface area contributed by atoms with Gasteiger partial charge in [-0.2, -0.15) is 5.10 Å². The van der Waals surface area contributed by atoms with E-state index < -0.39 is 9.84 Å². The van der Waals surface area contributed by atoms with Crippen LogP contribution in [0.25, 0.3) is 0 Å². The topological polar surface area (TPSA) is 88.4 Å². The number of benzene rings is 1. The number of nitrogens with one attached hydrogen (secondary N) is 2. The first-order valence-electron chi connectivity index (χ1n) is 9.59. The van der Waals surface area contributed by atoms with Gasteiger partial charge in [-0.15, -0.1) is 24.0 Å². The van der Waals surface area contributed by atoms with Gasteiger partial charge in [0.15, 0.2) is 15.8 Å². The van der Waals surface area contributed by atoms with Gasteiger partial charge in [-0.25, -0.2) is 8.42 Å². The summed E-state index contributed by atoms with van der Waals surface area (Å²) in [6, 6.07) is 11.4. The van der Waals surface area contributed by atoms with Crippen molar-refractivity contribution in [3.8, 4) is 0 Å². The lowest BCUT2D eigenvalue weighted by Crippen LogP contribution is -2.38. The summed E-state index contributed by atoms with van der Waals surface area (Å²) < 4.78 is 26.4. The van der Waals surface area contributed by atoms with E-state index in [4.69, 9.17) is 0 Å². The zero-order valence-corrected chi connectivity index (χ0v) is 20.5. The number of sulfone groups is 1. The van der Waals surface area contributed by atoms with Crippen LogP contribution in [0.15, 0.2) is 41.4 Å². The molecular weight excluding hydrogens is 501 g/mol. The summed E-state index contributed by atoms with van der Waals surface area (Å²) in [5.74, 6) is 0.936. The van der Waals surface area contributed by atoms with E-state index in [1.165, 1.54) is 0 Å². The Morgan fingerprint density at radius 2 is 1.76 bits per heavy atom. The second-order valence-electron chi connectivity index (χ2n) is 6.86. The number of nitrogens with zero attached hydrogens (tertiary/aromatic N) is 3. The van der Waals surface area contributed by atoms with Crippen LogP contribution in [0.1, 0.15) is 29.8 Å². The monoisotopic (exact) mass is 533 g/mol. The highest BCUT2D eigenvalue weighted by Gasteiger charge is 2.11. The third-order valence-electron chi connectivity index (χ3n) is 4.32. The summed E-state index contributed by atoms with van der Waals surface area (Å²) in [5.41, 5.74) is 3.03. The first-order valence-corrected chi connectivity index (χ1v) is 11.4. The number of aryl methyl sites for hydroxylation is 3. The third kappa shape index (κ3) is 9.62. The maximum atomic E-state index is 12.2. The van der Waals surface area contributed by atoms with E-state index in [0.29, 0.717) is 18.9 Å². The summed E-state index contributed by atoms with van der Waals surface area (Å²) in [7, 11) is -1.39. The van der Waals surface area contributed by atoms with E-state index in [9.17, 15) is 8.42 Å². The average molecular weight is 533 g/mol. The Labute approximate surface area is 191 Å². The summed E-state index contributed by atoms with van der Waals surface area (Å²) in [6.45, 7) is 6.23. The molecule has 0 aliphatic heterocycles. The highest BCUT2D eigenvalue weighted by atomic mass is 127. The number of halogens is 1. The van der Waals surface area contributed by atoms with Crippen LogP contribution in [0.4, 0.5) is 0 Å². The van der Waals surface area contributed by atoms with Crippen LogP contribution < -0.4 is 10.6 Å². The van der Waals surface area contributed by atoms with E-state index in [1.807, 2.05) is 41.9 Å². The number of rotatable bonds is 10. The summed E-state index contributed by atoms with van der Waals surface area (Å²) >= 11 is 0. The van der Waals surface area contributed by atoms with Gasteiger partial charge in [0, 0.05) is 32.4 Å². The van der Waals surface area contributed by atoms with E-state index in [-0.39, 0.29) is 35.5 Å². The molecule has 0 aliphatic rings. The van der Waals surface area contributed by atoms with Crippen LogP contribution in [0, 0.1) is 13.8 Å². The smallest absolute Gasteiger partial charge is 0.190 e. The fourth-order valence-electron chi connectivity index (χ4n) is 2.96. The van der Waals surface area contributed by atoms with Crippen LogP contribution in [0.2, 0.25) is 0 Å². The molecule has 2 rings (SSSR count). The average Bonchev–Trinajstić information content (AvgIpc) is 2.98. The molecule has 7 nitrogen and oxygen atoms in total. The molecule has 1 aromatic carbocycles. The molecule has 0 amide bonds. The van der Waals surface area contributed by atoms with Crippen LogP contribution in [0.5, 0.6) is 0 Å². The molecule has 0 spiro atoms. The van der Waals surface area contributed by atoms with Gasteiger partial charge in [0.2, 0.25) is 0 Å². The van der Waals surface area contributed by atoms with Crippen LogP contribution in [-0.2, 0) is 22.1 Å². The number of aliphatic imine (C=N–C) groups is 1. The molecule has 162 valence electrons. The molecule has 2 N–H and O–H groups in total. The Kier molecular flexibility index (Phi) is 11.3. The second kappa shape index (κ2) is 12.8. The largest absolute Gasteiger partial charge is 0.356 e. The van der Waals surface area contributed by atoms with Crippen molar-refractivity contribution in [1.29, 1.82) is 0 Å². The van der Waals surface area contributed by atoms with Gasteiger partial charge in [0.1, 0.15) is 0 Å². The zero-order valence-electron chi connectivity index (χ0n) is 17.4. The van der Waals surface area contributed by atoms with Crippen molar-refractivity contribution in [3.05, 3.63) is 53.3 Å². The molecule has 0 saturated heterocycles. The van der Waals surface area contributed by atoms with Crippen molar-refractivity contribution in [2.75, 3.05) is 25.9 Å². The molecule has 0 bridgehead atoms. The molecule has 9 heteroatoms. The molecule has 29 heavy (non-hydrogen) atoms. The fraction of sp³-hybridized carbons (Fsp3) is 0.500. The molecule has 0 radical (unpaired) electrons. The van der Waals surface area contributed by atoms with E-state index in [1.54, 1.807) is 7.05 Å². The van der Waals surface area contributed by atoms with Crippen molar-refractivity contribution in [2.24, 2.45) is 4.99 Å². The quantitative estimate of drug-likeness (QED) is 0.212. The molecule has 0 fully saturated rings. The minimum Gasteiger partial charge on any atom is -0.356 e. The lowest BCUT2D eigenvalue weighted by atomic mass is 10.2. The van der Waals surface area contributed by atoms with Gasteiger partial charge in [-0.05, 0) is 38.3 Å². The molecule has 0 saturated carbocycles. The highest BCUT2D eigenvalue weighted by Crippen LogP contribution is 2.07. The Hall–Kier alpha value is -1.62.